The van der Waals surface area contributed by atoms with Gasteiger partial charge >= 0.3 is 5.97 Å². The van der Waals surface area contributed by atoms with Gasteiger partial charge in [-0.15, -0.1) is 0 Å². The van der Waals surface area contributed by atoms with Crippen molar-refractivity contribution >= 4 is 17.3 Å². The van der Waals surface area contributed by atoms with E-state index < -0.39 is 0 Å². The van der Waals surface area contributed by atoms with Gasteiger partial charge in [0.2, 0.25) is 0 Å². The molecular formula is C27H38N2O3. The predicted octanol–water partition coefficient (Wildman–Crippen LogP) is 8.58. The van der Waals surface area contributed by atoms with E-state index in [0.29, 0.717) is 11.3 Å². The van der Waals surface area contributed by atoms with Gasteiger partial charge in [-0.25, -0.2) is 4.79 Å². The quantitative estimate of drug-likeness (QED) is 0.159. The maximum atomic E-state index is 12.3. The first kappa shape index (κ1) is 25.6. The van der Waals surface area contributed by atoms with Crippen LogP contribution in [0.25, 0.3) is 0 Å². The molecule has 174 valence electrons. The van der Waals surface area contributed by atoms with Gasteiger partial charge in [-0.05, 0) is 74.7 Å². The molecule has 0 fully saturated rings. The Morgan fingerprint density at radius 2 is 1.34 bits per heavy atom. The lowest BCUT2D eigenvalue weighted by atomic mass is 10.1. The maximum absolute atomic E-state index is 12.3. The molecular weight excluding hydrogens is 400 g/mol. The minimum atomic E-state index is -0.290. The van der Waals surface area contributed by atoms with Crippen molar-refractivity contribution in [1.29, 1.82) is 0 Å². The van der Waals surface area contributed by atoms with Crippen molar-refractivity contribution in [3.05, 3.63) is 54.1 Å². The SMILES string of the molecule is CCCCCCOc1ccc(N=Nc2ccc(C(=O)O[C@@H](C)CCCCCC)cc2)cc1. The minimum Gasteiger partial charge on any atom is -0.494 e. The molecule has 0 heterocycles. The molecule has 0 aliphatic carbocycles. The molecule has 5 heteroatoms. The van der Waals surface area contributed by atoms with Gasteiger partial charge in [0.15, 0.2) is 0 Å². The van der Waals surface area contributed by atoms with E-state index in [0.717, 1.165) is 37.3 Å². The average molecular weight is 439 g/mol. The lowest BCUT2D eigenvalue weighted by Gasteiger charge is -2.13. The zero-order valence-electron chi connectivity index (χ0n) is 19.9. The molecule has 0 unspecified atom stereocenters. The van der Waals surface area contributed by atoms with Crippen molar-refractivity contribution < 1.29 is 14.3 Å². The van der Waals surface area contributed by atoms with E-state index in [1.165, 1.54) is 38.5 Å². The standard InChI is InChI=1S/C27H38N2O3/c1-4-6-8-10-12-22(3)32-27(30)23-13-15-24(16-14-23)28-29-25-17-19-26(20-18-25)31-21-11-9-7-5-2/h13-20,22H,4-12,21H2,1-3H3/t22-/m0/s1. The molecule has 1 atom stereocenters. The smallest absolute Gasteiger partial charge is 0.338 e. The molecule has 0 bridgehead atoms. The third kappa shape index (κ3) is 10.1. The molecule has 5 nitrogen and oxygen atoms in total. The van der Waals surface area contributed by atoms with Crippen LogP contribution in [0.15, 0.2) is 58.8 Å². The summed E-state index contributed by atoms with van der Waals surface area (Å²) in [6.45, 7) is 7.09. The maximum Gasteiger partial charge on any atom is 0.338 e. The van der Waals surface area contributed by atoms with Gasteiger partial charge in [0.25, 0.3) is 0 Å². The molecule has 2 aromatic rings. The fraction of sp³-hybridized carbons (Fsp3) is 0.519. The number of hydrogen-bond acceptors (Lipinski definition) is 5. The van der Waals surface area contributed by atoms with Crippen LogP contribution in [0.2, 0.25) is 0 Å². The van der Waals surface area contributed by atoms with Crippen LogP contribution in [0, 0.1) is 0 Å². The monoisotopic (exact) mass is 438 g/mol. The Bertz CT molecular complexity index is 801. The third-order valence-electron chi connectivity index (χ3n) is 5.26. The highest BCUT2D eigenvalue weighted by Gasteiger charge is 2.11. The highest BCUT2D eigenvalue weighted by molar-refractivity contribution is 5.89. The Balaban J connectivity index is 1.78. The topological polar surface area (TPSA) is 60.2 Å². The number of azo groups is 1. The van der Waals surface area contributed by atoms with E-state index >= 15 is 0 Å². The average Bonchev–Trinajstić information content (AvgIpc) is 2.81. The van der Waals surface area contributed by atoms with E-state index in [1.807, 2.05) is 31.2 Å². The van der Waals surface area contributed by atoms with Gasteiger partial charge in [-0.3, -0.25) is 0 Å². The number of unbranched alkanes of at least 4 members (excludes halogenated alkanes) is 6. The summed E-state index contributed by atoms with van der Waals surface area (Å²) >= 11 is 0. The van der Waals surface area contributed by atoms with Gasteiger partial charge in [0.05, 0.1) is 29.6 Å². The summed E-state index contributed by atoms with van der Waals surface area (Å²) in [6.07, 6.45) is 10.3. The Hall–Kier alpha value is -2.69. The summed E-state index contributed by atoms with van der Waals surface area (Å²) in [5, 5.41) is 8.52. The fourth-order valence-electron chi connectivity index (χ4n) is 3.28. The van der Waals surface area contributed by atoms with Crippen LogP contribution >= 0.6 is 0 Å². The lowest BCUT2D eigenvalue weighted by molar-refractivity contribution is 0.0319. The fourth-order valence-corrected chi connectivity index (χ4v) is 3.28. The number of esters is 1. The van der Waals surface area contributed by atoms with Crippen LogP contribution in [-0.2, 0) is 4.74 Å². The van der Waals surface area contributed by atoms with E-state index in [9.17, 15) is 4.79 Å². The molecule has 32 heavy (non-hydrogen) atoms. The van der Waals surface area contributed by atoms with E-state index in [2.05, 4.69) is 24.1 Å². The molecule has 0 radical (unpaired) electrons. The molecule has 2 aromatic carbocycles. The third-order valence-corrected chi connectivity index (χ3v) is 5.26. The number of hydrogen-bond donors (Lipinski definition) is 0. The summed E-state index contributed by atoms with van der Waals surface area (Å²) in [6, 6.07) is 14.6. The molecule has 0 amide bonds. The number of carbonyl (C=O) groups is 1. The van der Waals surface area contributed by atoms with Crippen molar-refractivity contribution in [3.63, 3.8) is 0 Å². The number of benzene rings is 2. The molecule has 0 aliphatic rings. The molecule has 0 saturated heterocycles. The second-order valence-corrected chi connectivity index (χ2v) is 8.22. The summed E-state index contributed by atoms with van der Waals surface area (Å²) in [5.74, 6) is 0.560. The van der Waals surface area contributed by atoms with Crippen molar-refractivity contribution in [2.24, 2.45) is 10.2 Å². The van der Waals surface area contributed by atoms with Crippen LogP contribution in [0.1, 0.15) is 88.9 Å². The molecule has 2 rings (SSSR count). The van der Waals surface area contributed by atoms with Gasteiger partial charge in [0.1, 0.15) is 5.75 Å². The van der Waals surface area contributed by atoms with Crippen LogP contribution in [0.5, 0.6) is 5.75 Å². The molecule has 0 saturated carbocycles. The van der Waals surface area contributed by atoms with Crippen LogP contribution in [0.3, 0.4) is 0 Å². The van der Waals surface area contributed by atoms with Crippen LogP contribution < -0.4 is 4.74 Å². The first-order chi connectivity index (χ1) is 15.6. The second kappa shape index (κ2) is 15.2. The Labute approximate surface area is 193 Å². The summed E-state index contributed by atoms with van der Waals surface area (Å²) in [5.41, 5.74) is 1.97. The predicted molar refractivity (Wildman–Crippen MR) is 130 cm³/mol. The van der Waals surface area contributed by atoms with Gasteiger partial charge in [0, 0.05) is 0 Å². The molecule has 0 aliphatic heterocycles. The minimum absolute atomic E-state index is 0.0676. The highest BCUT2D eigenvalue weighted by Crippen LogP contribution is 2.22. The number of nitrogens with zero attached hydrogens (tertiary/aromatic N) is 2. The Morgan fingerprint density at radius 1 is 0.781 bits per heavy atom. The Morgan fingerprint density at radius 3 is 1.94 bits per heavy atom. The van der Waals surface area contributed by atoms with Crippen molar-refractivity contribution in [2.75, 3.05) is 6.61 Å². The normalized spacial score (nSPS) is 12.1. The Kier molecular flexibility index (Phi) is 12.1. The van der Waals surface area contributed by atoms with E-state index in [4.69, 9.17) is 9.47 Å². The molecule has 0 N–H and O–H groups in total. The second-order valence-electron chi connectivity index (χ2n) is 8.22. The first-order valence-corrected chi connectivity index (χ1v) is 12.1. The summed E-state index contributed by atoms with van der Waals surface area (Å²) in [4.78, 5) is 12.3. The van der Waals surface area contributed by atoms with Crippen molar-refractivity contribution in [2.45, 2.75) is 84.7 Å². The number of carbonyl (C=O) groups excluding carboxylic acids is 1. The lowest BCUT2D eigenvalue weighted by Crippen LogP contribution is -2.14. The van der Waals surface area contributed by atoms with Crippen molar-refractivity contribution in [1.82, 2.24) is 0 Å². The van der Waals surface area contributed by atoms with E-state index in [-0.39, 0.29) is 12.1 Å². The van der Waals surface area contributed by atoms with E-state index in [1.54, 1.807) is 24.3 Å². The molecule has 0 spiro atoms. The highest BCUT2D eigenvalue weighted by atomic mass is 16.5. The van der Waals surface area contributed by atoms with Gasteiger partial charge < -0.3 is 9.47 Å². The number of rotatable bonds is 15. The summed E-state index contributed by atoms with van der Waals surface area (Å²) in [7, 11) is 0. The van der Waals surface area contributed by atoms with Gasteiger partial charge in [-0.1, -0.05) is 52.4 Å². The van der Waals surface area contributed by atoms with Crippen LogP contribution in [0.4, 0.5) is 11.4 Å². The summed E-state index contributed by atoms with van der Waals surface area (Å²) < 4.78 is 11.3. The largest absolute Gasteiger partial charge is 0.494 e. The first-order valence-electron chi connectivity index (χ1n) is 12.1. The van der Waals surface area contributed by atoms with Crippen LogP contribution in [-0.4, -0.2) is 18.7 Å². The number of ether oxygens (including phenoxy) is 2. The zero-order chi connectivity index (χ0) is 23.0. The van der Waals surface area contributed by atoms with Gasteiger partial charge in [-0.2, -0.15) is 10.2 Å². The zero-order valence-corrected chi connectivity index (χ0v) is 19.9. The van der Waals surface area contributed by atoms with Crippen molar-refractivity contribution in [3.8, 4) is 5.75 Å². The molecule has 0 aromatic heterocycles.